The number of hydrogen-bond donors (Lipinski definition) is 2. The van der Waals surface area contributed by atoms with E-state index in [2.05, 4.69) is 15.6 Å². The number of hydrogen-bond acceptors (Lipinski definition) is 5. The van der Waals surface area contributed by atoms with Crippen LogP contribution in [0, 0.1) is 0 Å². The van der Waals surface area contributed by atoms with Crippen molar-refractivity contribution in [2.75, 3.05) is 45.7 Å². The maximum atomic E-state index is 11.7. The Bertz CT molecular complexity index is 486. The summed E-state index contributed by atoms with van der Waals surface area (Å²) in [6.07, 6.45) is 4.57. The van der Waals surface area contributed by atoms with Gasteiger partial charge in [-0.2, -0.15) is 0 Å². The zero-order valence-electron chi connectivity index (χ0n) is 15.4. The first-order valence-corrected chi connectivity index (χ1v) is 10.6. The number of aliphatic imine (C=N–C) groups is 1. The Labute approximate surface area is 146 Å². The van der Waals surface area contributed by atoms with Crippen LogP contribution in [0.3, 0.4) is 0 Å². The lowest BCUT2D eigenvalue weighted by molar-refractivity contribution is 0.0168. The molecule has 0 bridgehead atoms. The number of guanidine groups is 1. The third-order valence-electron chi connectivity index (χ3n) is 4.05. The Balaban J connectivity index is 2.28. The first-order chi connectivity index (χ1) is 11.3. The van der Waals surface area contributed by atoms with Gasteiger partial charge in [0.15, 0.2) is 15.8 Å². The van der Waals surface area contributed by atoms with Crippen molar-refractivity contribution < 1.29 is 17.9 Å². The third kappa shape index (κ3) is 7.81. The molecule has 0 aliphatic carbocycles. The lowest BCUT2D eigenvalue weighted by atomic mass is 10.2. The highest BCUT2D eigenvalue weighted by Crippen LogP contribution is 2.15. The minimum atomic E-state index is -3.15. The summed E-state index contributed by atoms with van der Waals surface area (Å²) in [6, 6.07) is 0. The summed E-state index contributed by atoms with van der Waals surface area (Å²) in [7, 11) is -3.15. The predicted molar refractivity (Wildman–Crippen MR) is 97.3 cm³/mol. The molecule has 24 heavy (non-hydrogen) atoms. The van der Waals surface area contributed by atoms with Crippen LogP contribution in [-0.2, 0) is 19.3 Å². The van der Waals surface area contributed by atoms with E-state index < -0.39 is 14.6 Å². The largest absolute Gasteiger partial charge is 0.379 e. The molecule has 1 unspecified atom stereocenters. The van der Waals surface area contributed by atoms with E-state index in [1.165, 1.54) is 6.26 Å². The predicted octanol–water partition coefficient (Wildman–Crippen LogP) is 0.950. The molecular formula is C16H33N3O4S. The van der Waals surface area contributed by atoms with Gasteiger partial charge >= 0.3 is 0 Å². The molecule has 0 aromatic carbocycles. The quantitative estimate of drug-likeness (QED) is 0.341. The van der Waals surface area contributed by atoms with Crippen LogP contribution < -0.4 is 10.6 Å². The lowest BCUT2D eigenvalue weighted by Gasteiger charge is -2.21. The second-order valence-electron chi connectivity index (χ2n) is 6.72. The van der Waals surface area contributed by atoms with Gasteiger partial charge in [0.2, 0.25) is 0 Å². The molecule has 2 N–H and O–H groups in total. The molecule has 7 nitrogen and oxygen atoms in total. The molecule has 1 aliphatic heterocycles. The van der Waals surface area contributed by atoms with E-state index in [0.717, 1.165) is 39.0 Å². The Morgan fingerprint density at radius 3 is 2.71 bits per heavy atom. The fraction of sp³-hybridized carbons (Fsp3) is 0.938. The molecule has 0 saturated carbocycles. The molecule has 0 radical (unpaired) electrons. The smallest absolute Gasteiger partial charge is 0.191 e. The van der Waals surface area contributed by atoms with E-state index in [4.69, 9.17) is 9.47 Å². The molecule has 1 fully saturated rings. The second-order valence-corrected chi connectivity index (χ2v) is 9.37. The molecule has 142 valence electrons. The van der Waals surface area contributed by atoms with Crippen LogP contribution in [-0.4, -0.2) is 70.9 Å². The van der Waals surface area contributed by atoms with Crippen molar-refractivity contribution in [3.63, 3.8) is 0 Å². The average molecular weight is 364 g/mol. The maximum absolute atomic E-state index is 11.7. The zero-order valence-corrected chi connectivity index (χ0v) is 16.2. The van der Waals surface area contributed by atoms with Crippen LogP contribution in [0.15, 0.2) is 4.99 Å². The maximum Gasteiger partial charge on any atom is 0.191 e. The van der Waals surface area contributed by atoms with Crippen molar-refractivity contribution in [1.29, 1.82) is 0 Å². The van der Waals surface area contributed by atoms with Crippen molar-refractivity contribution in [1.82, 2.24) is 10.6 Å². The monoisotopic (exact) mass is 363 g/mol. The Morgan fingerprint density at radius 2 is 2.12 bits per heavy atom. The molecule has 0 amide bonds. The molecule has 1 atom stereocenters. The summed E-state index contributed by atoms with van der Waals surface area (Å²) >= 11 is 0. The first-order valence-electron chi connectivity index (χ1n) is 8.67. The van der Waals surface area contributed by atoms with E-state index in [1.54, 1.807) is 13.8 Å². The normalized spacial score (nSPS) is 19.5. The minimum Gasteiger partial charge on any atom is -0.379 e. The van der Waals surface area contributed by atoms with E-state index in [-0.39, 0.29) is 12.6 Å². The van der Waals surface area contributed by atoms with Gasteiger partial charge in [-0.1, -0.05) is 0 Å². The Kier molecular flexibility index (Phi) is 9.01. The Morgan fingerprint density at radius 1 is 1.38 bits per heavy atom. The minimum absolute atomic E-state index is 0.219. The zero-order chi connectivity index (χ0) is 18.1. The van der Waals surface area contributed by atoms with Gasteiger partial charge in [-0.3, -0.25) is 4.99 Å². The number of rotatable bonds is 10. The third-order valence-corrected chi connectivity index (χ3v) is 6.19. The van der Waals surface area contributed by atoms with Gasteiger partial charge in [-0.05, 0) is 40.0 Å². The van der Waals surface area contributed by atoms with E-state index >= 15 is 0 Å². The van der Waals surface area contributed by atoms with Crippen LogP contribution in [0.25, 0.3) is 0 Å². The van der Waals surface area contributed by atoms with Crippen molar-refractivity contribution >= 4 is 15.8 Å². The molecular weight excluding hydrogens is 330 g/mol. The van der Waals surface area contributed by atoms with Crippen LogP contribution in [0.5, 0.6) is 0 Å². The number of ether oxygens (including phenoxy) is 2. The average Bonchev–Trinajstić information content (AvgIpc) is 3.00. The van der Waals surface area contributed by atoms with Gasteiger partial charge in [-0.15, -0.1) is 0 Å². The first kappa shape index (κ1) is 21.2. The Hall–Kier alpha value is -0.860. The van der Waals surface area contributed by atoms with Crippen LogP contribution in [0.4, 0.5) is 0 Å². The lowest BCUT2D eigenvalue weighted by Crippen LogP contribution is -2.41. The van der Waals surface area contributed by atoms with E-state index in [0.29, 0.717) is 19.2 Å². The van der Waals surface area contributed by atoms with Crippen LogP contribution in [0.2, 0.25) is 0 Å². The molecule has 1 heterocycles. The van der Waals surface area contributed by atoms with Gasteiger partial charge in [0, 0.05) is 32.6 Å². The summed E-state index contributed by atoms with van der Waals surface area (Å²) in [4.78, 5) is 4.39. The molecule has 8 heteroatoms. The summed E-state index contributed by atoms with van der Waals surface area (Å²) in [5, 5.41) is 6.33. The molecule has 1 saturated heterocycles. The highest BCUT2D eigenvalue weighted by atomic mass is 32.2. The fourth-order valence-corrected chi connectivity index (χ4v) is 2.40. The van der Waals surface area contributed by atoms with E-state index in [1.807, 2.05) is 6.92 Å². The highest BCUT2D eigenvalue weighted by Gasteiger charge is 2.29. The number of nitrogens with zero attached hydrogens (tertiary/aromatic N) is 1. The molecule has 0 spiro atoms. The van der Waals surface area contributed by atoms with Crippen molar-refractivity contribution in [2.24, 2.45) is 4.99 Å². The number of sulfone groups is 1. The van der Waals surface area contributed by atoms with Gasteiger partial charge in [0.1, 0.15) is 0 Å². The van der Waals surface area contributed by atoms with Crippen LogP contribution in [0.1, 0.15) is 40.0 Å². The van der Waals surface area contributed by atoms with Gasteiger partial charge in [0.25, 0.3) is 0 Å². The van der Waals surface area contributed by atoms with Gasteiger partial charge in [0.05, 0.1) is 24.0 Å². The van der Waals surface area contributed by atoms with Gasteiger partial charge in [-0.25, -0.2) is 8.42 Å². The molecule has 0 aromatic heterocycles. The molecule has 0 aromatic rings. The standard InChI is InChI=1S/C16H33N3O4S/c1-5-17-15(19-13-16(2,3)24(4,20)21)18-9-7-10-22-12-14-8-6-11-23-14/h14H,5-13H2,1-4H3,(H2,17,18,19). The summed E-state index contributed by atoms with van der Waals surface area (Å²) in [5.41, 5.74) is 0. The second kappa shape index (κ2) is 10.2. The molecule has 1 rings (SSSR count). The summed E-state index contributed by atoms with van der Waals surface area (Å²) < 4.78 is 33.7. The fourth-order valence-electron chi connectivity index (χ4n) is 2.10. The topological polar surface area (TPSA) is 89.0 Å². The van der Waals surface area contributed by atoms with E-state index in [9.17, 15) is 8.42 Å². The van der Waals surface area contributed by atoms with Crippen molar-refractivity contribution in [3.8, 4) is 0 Å². The number of nitrogens with one attached hydrogen (secondary N) is 2. The summed E-state index contributed by atoms with van der Waals surface area (Å²) in [6.45, 7) is 9.19. The van der Waals surface area contributed by atoms with Crippen molar-refractivity contribution in [2.45, 2.75) is 50.9 Å². The SMILES string of the molecule is CCNC(=NCC(C)(C)S(C)(=O)=O)NCCCOCC1CCCO1. The molecule has 1 aliphatic rings. The van der Waals surface area contributed by atoms with Gasteiger partial charge < -0.3 is 20.1 Å². The van der Waals surface area contributed by atoms with Crippen molar-refractivity contribution in [3.05, 3.63) is 0 Å². The highest BCUT2D eigenvalue weighted by molar-refractivity contribution is 7.92. The summed E-state index contributed by atoms with van der Waals surface area (Å²) in [5.74, 6) is 0.633. The van der Waals surface area contributed by atoms with Crippen LogP contribution >= 0.6 is 0 Å².